The number of nitrogens with zero attached hydrogens (tertiary/aromatic N) is 2. The number of thioether (sulfide) groups is 1. The predicted octanol–water partition coefficient (Wildman–Crippen LogP) is 5.67. The maximum Gasteiger partial charge on any atom is 0.227 e. The van der Waals surface area contributed by atoms with E-state index in [-0.39, 0.29) is 5.82 Å². The van der Waals surface area contributed by atoms with Crippen LogP contribution in [-0.2, 0) is 17.1 Å². The number of para-hydroxylation sites is 1. The highest BCUT2D eigenvalue weighted by Crippen LogP contribution is 2.39. The van der Waals surface area contributed by atoms with E-state index in [1.54, 1.807) is 18.1 Å². The van der Waals surface area contributed by atoms with Gasteiger partial charge in [-0.2, -0.15) is 0 Å². The van der Waals surface area contributed by atoms with Crippen LogP contribution >= 0.6 is 11.8 Å². The summed E-state index contributed by atoms with van der Waals surface area (Å²) in [4.78, 5) is 8.71. The second kappa shape index (κ2) is 7.81. The molecule has 0 aliphatic carbocycles. The summed E-state index contributed by atoms with van der Waals surface area (Å²) in [7, 11) is 0. The monoisotopic (exact) mass is 404 g/mol. The van der Waals surface area contributed by atoms with E-state index >= 15 is 0 Å². The molecule has 1 atom stereocenters. The zero-order valence-corrected chi connectivity index (χ0v) is 16.2. The van der Waals surface area contributed by atoms with E-state index in [2.05, 4.69) is 9.97 Å². The highest BCUT2D eigenvalue weighted by Gasteiger charge is 2.25. The SMILES string of the molecule is Fc1cc2c(c(CSc3ncnc4ccccc34)c1)OC(c1ccccc1)OC2. The van der Waals surface area contributed by atoms with Crippen molar-refractivity contribution in [3.63, 3.8) is 0 Å². The van der Waals surface area contributed by atoms with Gasteiger partial charge in [0.25, 0.3) is 0 Å². The molecule has 5 rings (SSSR count). The van der Waals surface area contributed by atoms with Crippen molar-refractivity contribution in [3.8, 4) is 5.75 Å². The Balaban J connectivity index is 1.44. The minimum atomic E-state index is -0.502. The van der Waals surface area contributed by atoms with Crippen LogP contribution in [0.3, 0.4) is 0 Å². The Morgan fingerprint density at radius 1 is 1.00 bits per heavy atom. The Morgan fingerprint density at radius 2 is 1.83 bits per heavy atom. The van der Waals surface area contributed by atoms with E-state index in [9.17, 15) is 4.39 Å². The van der Waals surface area contributed by atoms with Gasteiger partial charge in [0.2, 0.25) is 6.29 Å². The minimum absolute atomic E-state index is 0.294. The van der Waals surface area contributed by atoms with Crippen LogP contribution in [-0.4, -0.2) is 9.97 Å². The molecule has 0 radical (unpaired) electrons. The van der Waals surface area contributed by atoms with Crippen molar-refractivity contribution in [2.75, 3.05) is 0 Å². The molecule has 0 fully saturated rings. The summed E-state index contributed by atoms with van der Waals surface area (Å²) in [5.74, 6) is 0.928. The van der Waals surface area contributed by atoms with Gasteiger partial charge in [-0.25, -0.2) is 14.4 Å². The Hall–Kier alpha value is -2.96. The smallest absolute Gasteiger partial charge is 0.227 e. The Labute approximate surface area is 171 Å². The lowest BCUT2D eigenvalue weighted by molar-refractivity contribution is -0.112. The van der Waals surface area contributed by atoms with Crippen molar-refractivity contribution in [1.29, 1.82) is 0 Å². The van der Waals surface area contributed by atoms with Crippen molar-refractivity contribution in [3.05, 3.63) is 95.6 Å². The van der Waals surface area contributed by atoms with E-state index in [1.165, 1.54) is 12.1 Å². The van der Waals surface area contributed by atoms with Crippen LogP contribution in [0, 0.1) is 5.82 Å². The zero-order valence-electron chi connectivity index (χ0n) is 15.4. The first-order valence-corrected chi connectivity index (χ1v) is 10.2. The molecule has 4 nitrogen and oxygen atoms in total. The summed E-state index contributed by atoms with van der Waals surface area (Å²) in [6, 6.07) is 20.6. The summed E-state index contributed by atoms with van der Waals surface area (Å²) in [6.45, 7) is 0.306. The number of halogens is 1. The maximum absolute atomic E-state index is 14.2. The molecule has 1 aliphatic heterocycles. The van der Waals surface area contributed by atoms with Crippen molar-refractivity contribution in [2.24, 2.45) is 0 Å². The van der Waals surface area contributed by atoms with E-state index in [4.69, 9.17) is 9.47 Å². The zero-order chi connectivity index (χ0) is 19.6. The summed E-state index contributed by atoms with van der Waals surface area (Å²) in [5, 5.41) is 1.84. The lowest BCUT2D eigenvalue weighted by Gasteiger charge is -2.28. The lowest BCUT2D eigenvalue weighted by Crippen LogP contribution is -2.19. The molecule has 0 amide bonds. The first kappa shape index (κ1) is 18.1. The molecular weight excluding hydrogens is 387 g/mol. The maximum atomic E-state index is 14.2. The predicted molar refractivity (Wildman–Crippen MR) is 110 cm³/mol. The number of aromatic nitrogens is 2. The van der Waals surface area contributed by atoms with Gasteiger partial charge in [0, 0.05) is 27.8 Å². The number of ether oxygens (including phenoxy) is 2. The molecule has 29 heavy (non-hydrogen) atoms. The first-order valence-electron chi connectivity index (χ1n) is 9.25. The van der Waals surface area contributed by atoms with E-state index in [0.717, 1.165) is 32.6 Å². The Bertz CT molecular complexity index is 1160. The number of rotatable bonds is 4. The summed E-state index contributed by atoms with van der Waals surface area (Å²) >= 11 is 1.54. The van der Waals surface area contributed by atoms with Gasteiger partial charge in [0.05, 0.1) is 12.1 Å². The molecule has 144 valence electrons. The highest BCUT2D eigenvalue weighted by molar-refractivity contribution is 7.98. The quantitative estimate of drug-likeness (QED) is 0.324. The van der Waals surface area contributed by atoms with Gasteiger partial charge in [-0.1, -0.05) is 48.5 Å². The second-order valence-corrected chi connectivity index (χ2v) is 7.67. The van der Waals surface area contributed by atoms with Crippen LogP contribution in [0.4, 0.5) is 4.39 Å². The number of benzene rings is 3. The molecule has 1 aromatic heterocycles. The van der Waals surface area contributed by atoms with Gasteiger partial charge in [-0.15, -0.1) is 11.8 Å². The van der Waals surface area contributed by atoms with E-state index in [0.29, 0.717) is 18.1 Å². The molecule has 6 heteroatoms. The van der Waals surface area contributed by atoms with Gasteiger partial charge in [0.1, 0.15) is 22.9 Å². The van der Waals surface area contributed by atoms with Gasteiger partial charge < -0.3 is 9.47 Å². The molecule has 0 N–H and O–H groups in total. The van der Waals surface area contributed by atoms with Gasteiger partial charge >= 0.3 is 0 Å². The third-order valence-corrected chi connectivity index (χ3v) is 5.82. The fourth-order valence-electron chi connectivity index (χ4n) is 3.40. The fourth-order valence-corrected chi connectivity index (χ4v) is 4.36. The molecular formula is C23H17FN2O2S. The van der Waals surface area contributed by atoms with Crippen molar-refractivity contribution < 1.29 is 13.9 Å². The van der Waals surface area contributed by atoms with Gasteiger partial charge in [-0.3, -0.25) is 0 Å². The number of fused-ring (bicyclic) bond motifs is 2. The summed E-state index contributed by atoms with van der Waals surface area (Å²) in [5.41, 5.74) is 3.33. The van der Waals surface area contributed by atoms with Crippen molar-refractivity contribution >= 4 is 22.7 Å². The topological polar surface area (TPSA) is 44.2 Å². The Morgan fingerprint density at radius 3 is 2.72 bits per heavy atom. The fraction of sp³-hybridized carbons (Fsp3) is 0.130. The second-order valence-electron chi connectivity index (χ2n) is 6.71. The summed E-state index contributed by atoms with van der Waals surface area (Å²) in [6.07, 6.45) is 1.05. The molecule has 0 saturated heterocycles. The number of hydrogen-bond donors (Lipinski definition) is 0. The molecule has 4 aromatic rings. The highest BCUT2D eigenvalue weighted by atomic mass is 32.2. The van der Waals surface area contributed by atoms with Crippen LogP contribution in [0.25, 0.3) is 10.9 Å². The lowest BCUT2D eigenvalue weighted by atomic mass is 10.1. The largest absolute Gasteiger partial charge is 0.460 e. The third-order valence-electron chi connectivity index (χ3n) is 4.77. The average molecular weight is 404 g/mol. The molecule has 0 saturated carbocycles. The van der Waals surface area contributed by atoms with E-state index in [1.807, 2.05) is 54.6 Å². The van der Waals surface area contributed by atoms with Crippen molar-refractivity contribution in [2.45, 2.75) is 23.7 Å². The van der Waals surface area contributed by atoms with Crippen LogP contribution < -0.4 is 4.74 Å². The van der Waals surface area contributed by atoms with Crippen LogP contribution in [0.5, 0.6) is 5.75 Å². The third kappa shape index (κ3) is 3.69. The van der Waals surface area contributed by atoms with Crippen LogP contribution in [0.15, 0.2) is 78.1 Å². The molecule has 2 heterocycles. The molecule has 1 aliphatic rings. The van der Waals surface area contributed by atoms with Crippen LogP contribution in [0.1, 0.15) is 23.0 Å². The molecule has 0 spiro atoms. The van der Waals surface area contributed by atoms with Crippen molar-refractivity contribution in [1.82, 2.24) is 9.97 Å². The van der Waals surface area contributed by atoms with Crippen LogP contribution in [0.2, 0.25) is 0 Å². The first-order chi connectivity index (χ1) is 14.3. The molecule has 0 bridgehead atoms. The van der Waals surface area contributed by atoms with Gasteiger partial charge in [0.15, 0.2) is 0 Å². The Kier molecular flexibility index (Phi) is 4.87. The van der Waals surface area contributed by atoms with Gasteiger partial charge in [-0.05, 0) is 18.2 Å². The summed E-state index contributed by atoms with van der Waals surface area (Å²) < 4.78 is 26.2. The number of hydrogen-bond acceptors (Lipinski definition) is 5. The average Bonchev–Trinajstić information content (AvgIpc) is 2.77. The molecule has 3 aromatic carbocycles. The minimum Gasteiger partial charge on any atom is -0.460 e. The van der Waals surface area contributed by atoms with E-state index < -0.39 is 6.29 Å². The standard InChI is InChI=1S/C23H17FN2O2S/c24-18-10-16-12-27-23(15-6-2-1-3-7-15)28-21(16)17(11-18)13-29-22-19-8-4-5-9-20(19)25-14-26-22/h1-11,14,23H,12-13H2. The molecule has 1 unspecified atom stereocenters. The normalized spacial score (nSPS) is 15.7.